The number of hydrogen-bond acceptors (Lipinski definition) is 1. The molecule has 7 heteroatoms. The minimum atomic E-state index is -5.73. The number of alkyl halides is 5. The molecule has 0 unspecified atom stereocenters. The van der Waals surface area contributed by atoms with E-state index in [1.54, 1.807) is 25.1 Å². The van der Waals surface area contributed by atoms with Crippen molar-refractivity contribution in [2.45, 2.75) is 32.5 Å². The Labute approximate surface area is 107 Å². The van der Waals surface area contributed by atoms with Crippen LogP contribution in [0.15, 0.2) is 23.2 Å². The molecule has 0 bridgehead atoms. The molecule has 0 heterocycles. The Kier molecular flexibility index (Phi) is 4.17. The lowest BCUT2D eigenvalue weighted by Crippen LogP contribution is -2.48. The third-order valence-electron chi connectivity index (χ3n) is 2.60. The van der Waals surface area contributed by atoms with Gasteiger partial charge in [0.05, 0.1) is 6.54 Å². The third-order valence-corrected chi connectivity index (χ3v) is 2.60. The zero-order chi connectivity index (χ0) is 14.8. The second-order valence-corrected chi connectivity index (χ2v) is 4.20. The van der Waals surface area contributed by atoms with Crippen molar-refractivity contribution in [2.24, 2.45) is 10.7 Å². The van der Waals surface area contributed by atoms with E-state index in [1.807, 2.05) is 6.92 Å². The van der Waals surface area contributed by atoms with Crippen LogP contribution in [0.2, 0.25) is 0 Å². The highest BCUT2D eigenvalue weighted by Gasteiger charge is 2.60. The average Bonchev–Trinajstić information content (AvgIpc) is 2.25. The predicted octanol–water partition coefficient (Wildman–Crippen LogP) is 3.36. The Hall–Kier alpha value is -1.66. The Morgan fingerprint density at radius 1 is 1.16 bits per heavy atom. The first-order valence-electron chi connectivity index (χ1n) is 5.37. The van der Waals surface area contributed by atoms with Gasteiger partial charge in [0, 0.05) is 0 Å². The number of hydrogen-bond donors (Lipinski definition) is 1. The van der Waals surface area contributed by atoms with Crippen LogP contribution in [0.1, 0.15) is 16.7 Å². The van der Waals surface area contributed by atoms with Crippen LogP contribution in [-0.4, -0.2) is 17.9 Å². The van der Waals surface area contributed by atoms with E-state index < -0.39 is 17.9 Å². The number of rotatable bonds is 3. The van der Waals surface area contributed by atoms with E-state index in [0.717, 1.165) is 11.1 Å². The summed E-state index contributed by atoms with van der Waals surface area (Å²) in [5.41, 5.74) is 7.01. The zero-order valence-electron chi connectivity index (χ0n) is 10.4. The Bertz CT molecular complexity index is 491. The first-order valence-corrected chi connectivity index (χ1v) is 5.37. The van der Waals surface area contributed by atoms with Crippen LogP contribution in [0.3, 0.4) is 0 Å². The van der Waals surface area contributed by atoms with Gasteiger partial charge in [-0.25, -0.2) is 0 Å². The summed E-state index contributed by atoms with van der Waals surface area (Å²) in [7, 11) is 0. The Balaban J connectivity index is 2.93. The summed E-state index contributed by atoms with van der Waals surface area (Å²) in [4.78, 5) is 3.15. The molecule has 0 radical (unpaired) electrons. The smallest absolute Gasteiger partial charge is 0.382 e. The summed E-state index contributed by atoms with van der Waals surface area (Å²) in [6.07, 6.45) is -5.73. The van der Waals surface area contributed by atoms with Crippen molar-refractivity contribution in [3.8, 4) is 0 Å². The summed E-state index contributed by atoms with van der Waals surface area (Å²) in [6.45, 7) is 3.24. The van der Waals surface area contributed by atoms with Gasteiger partial charge in [0.15, 0.2) is 5.84 Å². The van der Waals surface area contributed by atoms with E-state index >= 15 is 0 Å². The van der Waals surface area contributed by atoms with Gasteiger partial charge < -0.3 is 5.73 Å². The summed E-state index contributed by atoms with van der Waals surface area (Å²) in [5.74, 6) is -6.83. The summed E-state index contributed by atoms with van der Waals surface area (Å²) in [5, 5.41) is 0. The third kappa shape index (κ3) is 3.42. The number of benzene rings is 1. The van der Waals surface area contributed by atoms with Gasteiger partial charge in [0.2, 0.25) is 0 Å². The van der Waals surface area contributed by atoms with E-state index in [2.05, 4.69) is 4.99 Å². The Morgan fingerprint density at radius 3 is 2.21 bits per heavy atom. The largest absolute Gasteiger partial charge is 0.461 e. The predicted molar refractivity (Wildman–Crippen MR) is 62.2 cm³/mol. The van der Waals surface area contributed by atoms with E-state index in [0.29, 0.717) is 5.56 Å². The van der Waals surface area contributed by atoms with E-state index in [1.165, 1.54) is 0 Å². The molecule has 0 spiro atoms. The molecule has 1 rings (SSSR count). The maximum atomic E-state index is 12.8. The van der Waals surface area contributed by atoms with Gasteiger partial charge in [-0.1, -0.05) is 23.8 Å². The van der Waals surface area contributed by atoms with Crippen LogP contribution in [0.4, 0.5) is 22.0 Å². The topological polar surface area (TPSA) is 38.4 Å². The van der Waals surface area contributed by atoms with Crippen LogP contribution >= 0.6 is 0 Å². The second-order valence-electron chi connectivity index (χ2n) is 4.20. The highest BCUT2D eigenvalue weighted by molar-refractivity contribution is 5.88. The van der Waals surface area contributed by atoms with Gasteiger partial charge in [0.1, 0.15) is 0 Å². The normalized spacial score (nSPS) is 13.7. The van der Waals surface area contributed by atoms with Crippen LogP contribution in [0, 0.1) is 13.8 Å². The van der Waals surface area contributed by atoms with Gasteiger partial charge in [0.25, 0.3) is 0 Å². The molecule has 1 aromatic rings. The van der Waals surface area contributed by atoms with E-state index in [-0.39, 0.29) is 6.54 Å². The lowest BCUT2D eigenvalue weighted by atomic mass is 10.1. The van der Waals surface area contributed by atoms with Crippen molar-refractivity contribution >= 4 is 5.84 Å². The summed E-state index contributed by atoms with van der Waals surface area (Å²) < 4.78 is 61.7. The molecule has 2 nitrogen and oxygen atoms in total. The minimum Gasteiger partial charge on any atom is -0.382 e. The molecule has 0 amide bonds. The summed E-state index contributed by atoms with van der Waals surface area (Å²) in [6, 6.07) is 5.12. The van der Waals surface area contributed by atoms with Gasteiger partial charge in [-0.2, -0.15) is 22.0 Å². The quantitative estimate of drug-likeness (QED) is 0.514. The van der Waals surface area contributed by atoms with Crippen LogP contribution in [0.25, 0.3) is 0 Å². The fourth-order valence-electron chi connectivity index (χ4n) is 1.44. The maximum absolute atomic E-state index is 12.8. The molecule has 106 valence electrons. The number of amidine groups is 1. The molecule has 0 aliphatic carbocycles. The molecular formula is C12H13F5N2. The Morgan fingerprint density at radius 2 is 1.74 bits per heavy atom. The van der Waals surface area contributed by atoms with Crippen molar-refractivity contribution in [1.29, 1.82) is 0 Å². The molecule has 0 aliphatic heterocycles. The first-order chi connectivity index (χ1) is 8.55. The fraction of sp³-hybridized carbons (Fsp3) is 0.417. The van der Waals surface area contributed by atoms with Gasteiger partial charge >= 0.3 is 12.1 Å². The average molecular weight is 280 g/mol. The van der Waals surface area contributed by atoms with Crippen molar-refractivity contribution in [3.05, 3.63) is 34.9 Å². The molecule has 0 aromatic heterocycles. The van der Waals surface area contributed by atoms with E-state index in [9.17, 15) is 22.0 Å². The molecular weight excluding hydrogens is 267 g/mol. The van der Waals surface area contributed by atoms with Crippen LogP contribution in [0.5, 0.6) is 0 Å². The molecule has 2 N–H and O–H groups in total. The van der Waals surface area contributed by atoms with Crippen molar-refractivity contribution in [1.82, 2.24) is 0 Å². The summed E-state index contributed by atoms with van der Waals surface area (Å²) >= 11 is 0. The highest BCUT2D eigenvalue weighted by Crippen LogP contribution is 2.35. The number of nitrogens with zero attached hydrogens (tertiary/aromatic N) is 1. The van der Waals surface area contributed by atoms with Crippen molar-refractivity contribution < 1.29 is 22.0 Å². The highest BCUT2D eigenvalue weighted by atomic mass is 19.4. The van der Waals surface area contributed by atoms with Gasteiger partial charge in [-0.3, -0.25) is 4.99 Å². The lowest BCUT2D eigenvalue weighted by molar-refractivity contribution is -0.249. The first kappa shape index (κ1) is 15.4. The number of aliphatic imine (C=N–C) groups is 1. The number of nitrogens with two attached hydrogens (primary N) is 1. The molecule has 0 saturated carbocycles. The molecule has 0 atom stereocenters. The minimum absolute atomic E-state index is 0.316. The molecule has 1 aromatic carbocycles. The number of halogens is 5. The SMILES string of the molecule is Cc1ccc(CN=C(N)C(F)(F)C(F)(F)F)c(C)c1. The van der Waals surface area contributed by atoms with Crippen LogP contribution in [-0.2, 0) is 6.54 Å². The maximum Gasteiger partial charge on any atom is 0.461 e. The zero-order valence-corrected chi connectivity index (χ0v) is 10.4. The van der Waals surface area contributed by atoms with Crippen molar-refractivity contribution in [2.75, 3.05) is 0 Å². The van der Waals surface area contributed by atoms with Crippen molar-refractivity contribution in [3.63, 3.8) is 0 Å². The molecule has 0 fully saturated rings. The van der Waals surface area contributed by atoms with Gasteiger partial charge in [-0.05, 0) is 25.0 Å². The number of aryl methyl sites for hydroxylation is 2. The molecule has 0 saturated heterocycles. The molecule has 0 aliphatic rings. The monoisotopic (exact) mass is 280 g/mol. The molecule has 19 heavy (non-hydrogen) atoms. The second kappa shape index (κ2) is 5.14. The standard InChI is InChI=1S/C12H13F5N2/c1-7-3-4-9(8(2)5-7)6-19-10(18)11(13,14)12(15,16)17/h3-5H,6H2,1-2H3,(H2,18,19). The van der Waals surface area contributed by atoms with Gasteiger partial charge in [-0.15, -0.1) is 0 Å². The lowest BCUT2D eigenvalue weighted by Gasteiger charge is -2.18. The fourth-order valence-corrected chi connectivity index (χ4v) is 1.44. The van der Waals surface area contributed by atoms with Crippen LogP contribution < -0.4 is 5.73 Å². The van der Waals surface area contributed by atoms with E-state index in [4.69, 9.17) is 5.73 Å².